The van der Waals surface area contributed by atoms with Crippen molar-refractivity contribution >= 4 is 29.5 Å². The van der Waals surface area contributed by atoms with Gasteiger partial charge in [0.25, 0.3) is 0 Å². The molecule has 0 saturated carbocycles. The highest BCUT2D eigenvalue weighted by Gasteiger charge is 2.49. The summed E-state index contributed by atoms with van der Waals surface area (Å²) in [5.74, 6) is -3.78. The first-order chi connectivity index (χ1) is 9.36. The molecule has 0 N–H and O–H groups in total. The Bertz CT molecular complexity index is 587. The molecule has 0 amide bonds. The largest absolute Gasteiger partial charge is 0.464 e. The maximum absolute atomic E-state index is 13.5. The predicted molar refractivity (Wildman–Crippen MR) is 64.7 cm³/mol. The maximum Gasteiger partial charge on any atom is 0.390 e. The number of rotatable bonds is 3. The molecule has 8 heteroatoms. The smallest absolute Gasteiger partial charge is 0.390 e. The molecule has 5 nitrogen and oxygen atoms in total. The molecule has 0 fully saturated rings. The summed E-state index contributed by atoms with van der Waals surface area (Å²) in [6.45, 7) is 0. The van der Waals surface area contributed by atoms with Gasteiger partial charge >= 0.3 is 17.2 Å². The van der Waals surface area contributed by atoms with Gasteiger partial charge in [0.2, 0.25) is 0 Å². The molecule has 0 spiro atoms. The molecule has 1 unspecified atom stereocenters. The summed E-state index contributed by atoms with van der Waals surface area (Å²) in [6, 6.07) is 5.78. The highest BCUT2D eigenvalue weighted by atomic mass is 32.2. The number of halogens is 2. The van der Waals surface area contributed by atoms with Crippen LogP contribution in [0.4, 0.5) is 8.78 Å². The molecule has 1 aliphatic rings. The van der Waals surface area contributed by atoms with E-state index in [0.29, 0.717) is 0 Å². The van der Waals surface area contributed by atoms with E-state index < -0.39 is 40.0 Å². The van der Waals surface area contributed by atoms with Gasteiger partial charge < -0.3 is 9.47 Å². The third-order valence-electron chi connectivity index (χ3n) is 2.50. The van der Waals surface area contributed by atoms with Crippen LogP contribution in [-0.4, -0.2) is 35.3 Å². The number of methoxy groups -OCH3 is 1. The van der Waals surface area contributed by atoms with Crippen LogP contribution in [0.5, 0.6) is 5.75 Å². The van der Waals surface area contributed by atoms with E-state index in [1.54, 1.807) is 0 Å². The molecular weight excluding hydrogens is 294 g/mol. The number of ether oxygens (including phenoxy) is 2. The number of fused-ring (bicyclic) bond motifs is 1. The number of Topliss-reactive ketones (excluding diaryl/α,β-unsaturated/α-hetero) is 1. The van der Waals surface area contributed by atoms with Crippen molar-refractivity contribution in [2.75, 3.05) is 7.11 Å². The molecule has 1 aliphatic heterocycles. The molecule has 1 heterocycles. The van der Waals surface area contributed by atoms with Crippen LogP contribution in [0.1, 0.15) is 10.4 Å². The van der Waals surface area contributed by atoms with Crippen molar-refractivity contribution < 1.29 is 32.6 Å². The van der Waals surface area contributed by atoms with Gasteiger partial charge in [0, 0.05) is 0 Å². The lowest BCUT2D eigenvalue weighted by atomic mass is 10.0. The van der Waals surface area contributed by atoms with Gasteiger partial charge in [-0.3, -0.25) is 4.79 Å². The lowest BCUT2D eigenvalue weighted by Gasteiger charge is -2.23. The SMILES string of the molecule is COC(=O)C(F)(F)SC1C(=O)Oc2ccccc2C1=O. The number of alkyl halides is 2. The van der Waals surface area contributed by atoms with E-state index in [1.807, 2.05) is 0 Å². The second-order valence-corrected chi connectivity index (χ2v) is 5.01. The van der Waals surface area contributed by atoms with Crippen molar-refractivity contribution in [1.82, 2.24) is 0 Å². The summed E-state index contributed by atoms with van der Waals surface area (Å²) in [7, 11) is 0.785. The molecule has 0 aliphatic carbocycles. The first-order valence-electron chi connectivity index (χ1n) is 5.36. The van der Waals surface area contributed by atoms with Crippen LogP contribution >= 0.6 is 11.8 Å². The van der Waals surface area contributed by atoms with E-state index in [0.717, 1.165) is 7.11 Å². The normalized spacial score (nSPS) is 18.2. The summed E-state index contributed by atoms with van der Waals surface area (Å²) in [5, 5.41) is -5.82. The van der Waals surface area contributed by atoms with Gasteiger partial charge in [0.1, 0.15) is 5.75 Å². The summed E-state index contributed by atoms with van der Waals surface area (Å²) in [5.41, 5.74) is 0.0188. The van der Waals surface area contributed by atoms with Crippen molar-refractivity contribution in [3.8, 4) is 5.75 Å². The lowest BCUT2D eigenvalue weighted by molar-refractivity contribution is -0.156. The van der Waals surface area contributed by atoms with Gasteiger partial charge in [-0.15, -0.1) is 0 Å². The third kappa shape index (κ3) is 2.51. The molecule has 0 aromatic heterocycles. The highest BCUT2D eigenvalue weighted by Crippen LogP contribution is 2.39. The molecule has 2 rings (SSSR count). The molecule has 1 aromatic rings. The first-order valence-corrected chi connectivity index (χ1v) is 6.24. The van der Waals surface area contributed by atoms with Gasteiger partial charge in [-0.2, -0.15) is 8.78 Å². The van der Waals surface area contributed by atoms with Gasteiger partial charge in [-0.05, 0) is 12.1 Å². The quantitative estimate of drug-likeness (QED) is 0.480. The number of carbonyl (C=O) groups is 3. The predicted octanol–water partition coefficient (Wildman–Crippen LogP) is 1.66. The minimum atomic E-state index is -4.01. The van der Waals surface area contributed by atoms with Crippen molar-refractivity contribution in [3.05, 3.63) is 29.8 Å². The average molecular weight is 302 g/mol. The number of benzene rings is 1. The van der Waals surface area contributed by atoms with Crippen LogP contribution in [0.25, 0.3) is 0 Å². The minimum Gasteiger partial charge on any atom is -0.464 e. The Morgan fingerprint density at radius 3 is 2.65 bits per heavy atom. The van der Waals surface area contributed by atoms with Crippen LogP contribution in [0.3, 0.4) is 0 Å². The topological polar surface area (TPSA) is 69.7 Å². The van der Waals surface area contributed by atoms with E-state index in [-0.39, 0.29) is 11.3 Å². The summed E-state index contributed by atoms with van der Waals surface area (Å²) >= 11 is -0.397. The minimum absolute atomic E-state index is 0.0146. The molecule has 1 atom stereocenters. The second-order valence-electron chi connectivity index (χ2n) is 3.79. The number of thioether (sulfide) groups is 1. The zero-order valence-electron chi connectivity index (χ0n) is 10.1. The number of hydrogen-bond acceptors (Lipinski definition) is 6. The molecule has 0 saturated heterocycles. The fourth-order valence-electron chi connectivity index (χ4n) is 1.59. The van der Waals surface area contributed by atoms with Gasteiger partial charge in [0.05, 0.1) is 12.7 Å². The third-order valence-corrected chi connectivity index (χ3v) is 3.61. The Morgan fingerprint density at radius 2 is 2.00 bits per heavy atom. The van der Waals surface area contributed by atoms with Crippen molar-refractivity contribution in [2.24, 2.45) is 0 Å². The van der Waals surface area contributed by atoms with Crippen molar-refractivity contribution in [3.63, 3.8) is 0 Å². The standard InChI is InChI=1S/C12H8F2O5S/c1-18-11(17)12(13,14)20-9-8(15)6-4-2-3-5-7(6)19-10(9)16/h2-5,9H,1H3. The Labute approximate surface area is 116 Å². The molecule has 106 valence electrons. The summed E-state index contributed by atoms with van der Waals surface area (Å²) in [4.78, 5) is 34.5. The van der Waals surface area contributed by atoms with Crippen LogP contribution < -0.4 is 4.74 Å². The van der Waals surface area contributed by atoms with E-state index in [9.17, 15) is 23.2 Å². The Hall–Kier alpha value is -1.96. The number of carbonyl (C=O) groups excluding carboxylic acids is 3. The van der Waals surface area contributed by atoms with Crippen molar-refractivity contribution in [1.29, 1.82) is 0 Å². The first kappa shape index (κ1) is 14.4. The van der Waals surface area contributed by atoms with Gasteiger partial charge in [-0.25, -0.2) is 9.59 Å². The summed E-state index contributed by atoms with van der Waals surface area (Å²) < 4.78 is 35.6. The van der Waals surface area contributed by atoms with E-state index >= 15 is 0 Å². The Morgan fingerprint density at radius 1 is 1.35 bits per heavy atom. The van der Waals surface area contributed by atoms with Crippen LogP contribution in [0.15, 0.2) is 24.3 Å². The Kier molecular flexibility index (Phi) is 3.76. The lowest BCUT2D eigenvalue weighted by Crippen LogP contribution is -2.40. The van der Waals surface area contributed by atoms with Gasteiger partial charge in [-0.1, -0.05) is 23.9 Å². The molecule has 0 radical (unpaired) electrons. The molecule has 0 bridgehead atoms. The van der Waals surface area contributed by atoms with Crippen molar-refractivity contribution in [2.45, 2.75) is 10.5 Å². The molecular formula is C12H8F2O5S. The number of ketones is 1. The van der Waals surface area contributed by atoms with E-state index in [1.165, 1.54) is 24.3 Å². The molecule has 20 heavy (non-hydrogen) atoms. The van der Waals surface area contributed by atoms with Crippen LogP contribution in [0, 0.1) is 0 Å². The average Bonchev–Trinajstić information content (AvgIpc) is 2.42. The zero-order valence-corrected chi connectivity index (χ0v) is 10.9. The monoisotopic (exact) mass is 302 g/mol. The second kappa shape index (κ2) is 5.20. The fraction of sp³-hybridized carbons (Fsp3) is 0.250. The maximum atomic E-state index is 13.5. The van der Waals surface area contributed by atoms with E-state index in [4.69, 9.17) is 4.74 Å². The van der Waals surface area contributed by atoms with Gasteiger partial charge in [0.15, 0.2) is 11.0 Å². The van der Waals surface area contributed by atoms with Crippen LogP contribution in [-0.2, 0) is 14.3 Å². The van der Waals surface area contributed by atoms with E-state index in [2.05, 4.69) is 4.74 Å². The Balaban J connectivity index is 2.29. The van der Waals surface area contributed by atoms with Crippen LogP contribution in [0.2, 0.25) is 0 Å². The number of hydrogen-bond donors (Lipinski definition) is 0. The zero-order chi connectivity index (χ0) is 14.9. The summed E-state index contributed by atoms with van der Waals surface area (Å²) in [6.07, 6.45) is 0. The fourth-order valence-corrected chi connectivity index (χ4v) is 2.44. The number of esters is 2. The highest BCUT2D eigenvalue weighted by molar-refractivity contribution is 8.03. The molecule has 1 aromatic carbocycles. The number of para-hydroxylation sites is 1.